The van der Waals surface area contributed by atoms with Crippen LogP contribution >= 0.6 is 0 Å². The highest BCUT2D eigenvalue weighted by Crippen LogP contribution is 2.43. The Balaban J connectivity index is 2.23. The SMILES string of the molecule is CCCCCCCCC(CCCCCCC)c1cccc(O)c1C(C)(C)c1ccccc1. The quantitative estimate of drug-likeness (QED) is 0.259. The van der Waals surface area contributed by atoms with E-state index in [0.717, 1.165) is 5.56 Å². The van der Waals surface area contributed by atoms with Gasteiger partial charge < -0.3 is 5.11 Å². The van der Waals surface area contributed by atoms with Gasteiger partial charge in [-0.25, -0.2) is 0 Å². The summed E-state index contributed by atoms with van der Waals surface area (Å²) < 4.78 is 0. The number of aromatic hydroxyl groups is 1. The molecule has 1 nitrogen and oxygen atoms in total. The van der Waals surface area contributed by atoms with Crippen LogP contribution in [-0.2, 0) is 5.41 Å². The van der Waals surface area contributed by atoms with Crippen molar-refractivity contribution in [3.05, 3.63) is 65.2 Å². The highest BCUT2D eigenvalue weighted by molar-refractivity contribution is 5.51. The van der Waals surface area contributed by atoms with E-state index in [4.69, 9.17) is 0 Å². The van der Waals surface area contributed by atoms with E-state index in [2.05, 4.69) is 70.2 Å². The fourth-order valence-corrected chi connectivity index (χ4v) is 5.20. The molecular formula is C31H48O. The number of phenols is 1. The molecule has 2 aromatic rings. The Hall–Kier alpha value is -1.76. The van der Waals surface area contributed by atoms with Gasteiger partial charge in [0, 0.05) is 11.0 Å². The van der Waals surface area contributed by atoms with Gasteiger partial charge in [-0.3, -0.25) is 0 Å². The Morgan fingerprint density at radius 2 is 1.19 bits per heavy atom. The molecular weight excluding hydrogens is 388 g/mol. The van der Waals surface area contributed by atoms with Crippen molar-refractivity contribution in [2.75, 3.05) is 0 Å². The average Bonchev–Trinajstić information content (AvgIpc) is 2.80. The van der Waals surface area contributed by atoms with Gasteiger partial charge in [0.05, 0.1) is 0 Å². The van der Waals surface area contributed by atoms with Crippen LogP contribution in [0.3, 0.4) is 0 Å². The maximum Gasteiger partial charge on any atom is 0.119 e. The first-order chi connectivity index (χ1) is 15.5. The van der Waals surface area contributed by atoms with Crippen LogP contribution in [-0.4, -0.2) is 5.11 Å². The van der Waals surface area contributed by atoms with Crippen LogP contribution < -0.4 is 0 Å². The van der Waals surface area contributed by atoms with E-state index in [9.17, 15) is 5.11 Å². The minimum Gasteiger partial charge on any atom is -0.508 e. The van der Waals surface area contributed by atoms with Gasteiger partial charge in [0.15, 0.2) is 0 Å². The van der Waals surface area contributed by atoms with Crippen molar-refractivity contribution in [3.63, 3.8) is 0 Å². The lowest BCUT2D eigenvalue weighted by atomic mass is 9.72. The molecule has 0 amide bonds. The second-order valence-corrected chi connectivity index (χ2v) is 10.2. The number of rotatable bonds is 16. The minimum absolute atomic E-state index is 0.219. The Morgan fingerprint density at radius 3 is 1.75 bits per heavy atom. The molecule has 0 aliphatic heterocycles. The van der Waals surface area contributed by atoms with E-state index in [1.54, 1.807) is 0 Å². The van der Waals surface area contributed by atoms with Gasteiger partial charge in [-0.2, -0.15) is 0 Å². The van der Waals surface area contributed by atoms with Crippen molar-refractivity contribution in [2.24, 2.45) is 0 Å². The summed E-state index contributed by atoms with van der Waals surface area (Å²) in [5, 5.41) is 11.0. The molecule has 1 atom stereocenters. The lowest BCUT2D eigenvalue weighted by molar-refractivity contribution is 0.439. The smallest absolute Gasteiger partial charge is 0.119 e. The number of benzene rings is 2. The zero-order chi connectivity index (χ0) is 23.2. The molecule has 0 heterocycles. The zero-order valence-corrected chi connectivity index (χ0v) is 21.3. The molecule has 2 rings (SSSR count). The van der Waals surface area contributed by atoms with E-state index >= 15 is 0 Å². The van der Waals surface area contributed by atoms with Gasteiger partial charge in [0.1, 0.15) is 5.75 Å². The maximum absolute atomic E-state index is 11.0. The van der Waals surface area contributed by atoms with Crippen molar-refractivity contribution in [1.29, 1.82) is 0 Å². The van der Waals surface area contributed by atoms with Gasteiger partial charge in [-0.05, 0) is 36.0 Å². The molecule has 0 aliphatic carbocycles. The Labute approximate surface area is 198 Å². The third-order valence-electron chi connectivity index (χ3n) is 7.20. The Bertz CT molecular complexity index is 746. The van der Waals surface area contributed by atoms with Crippen molar-refractivity contribution >= 4 is 0 Å². The summed E-state index contributed by atoms with van der Waals surface area (Å²) in [6, 6.07) is 16.9. The molecule has 0 bridgehead atoms. The number of unbranched alkanes of at least 4 members (excludes halogenated alkanes) is 9. The van der Waals surface area contributed by atoms with E-state index in [-0.39, 0.29) is 5.41 Å². The molecule has 2 aromatic carbocycles. The summed E-state index contributed by atoms with van der Waals surface area (Å²) in [6.07, 6.45) is 17.1. The highest BCUT2D eigenvalue weighted by atomic mass is 16.3. The molecule has 0 radical (unpaired) electrons. The normalized spacial score (nSPS) is 12.8. The Kier molecular flexibility index (Phi) is 11.9. The van der Waals surface area contributed by atoms with Gasteiger partial charge in [-0.15, -0.1) is 0 Å². The van der Waals surface area contributed by atoms with Crippen LogP contribution in [0.25, 0.3) is 0 Å². The topological polar surface area (TPSA) is 20.2 Å². The fraction of sp³-hybridized carbons (Fsp3) is 0.613. The highest BCUT2D eigenvalue weighted by Gasteiger charge is 2.31. The maximum atomic E-state index is 11.0. The molecule has 0 fully saturated rings. The summed E-state index contributed by atoms with van der Waals surface area (Å²) >= 11 is 0. The Morgan fingerprint density at radius 1 is 0.656 bits per heavy atom. The van der Waals surface area contributed by atoms with Gasteiger partial charge in [0.25, 0.3) is 0 Å². The molecule has 0 aromatic heterocycles. The zero-order valence-electron chi connectivity index (χ0n) is 21.3. The summed E-state index contributed by atoms with van der Waals surface area (Å²) in [7, 11) is 0. The number of hydrogen-bond donors (Lipinski definition) is 1. The second-order valence-electron chi connectivity index (χ2n) is 10.2. The molecule has 1 unspecified atom stereocenters. The van der Waals surface area contributed by atoms with E-state index in [1.807, 2.05) is 6.07 Å². The third kappa shape index (κ3) is 7.98. The standard InChI is InChI=1S/C31H48O/c1-5-7-9-11-13-16-21-26(20-15-12-10-8-6-2)28-24-19-25-29(32)30(28)31(3,4)27-22-17-14-18-23-27/h14,17-19,22-26,32H,5-13,15-16,20-21H2,1-4H3. The summed E-state index contributed by atoms with van der Waals surface area (Å²) in [5.41, 5.74) is 3.56. The van der Waals surface area contributed by atoms with Crippen LogP contribution in [0.1, 0.15) is 134 Å². The van der Waals surface area contributed by atoms with Crippen molar-refractivity contribution in [3.8, 4) is 5.75 Å². The number of phenolic OH excluding ortho intramolecular Hbond substituents is 1. The average molecular weight is 437 g/mol. The van der Waals surface area contributed by atoms with Crippen LogP contribution in [0, 0.1) is 0 Å². The molecule has 0 saturated carbocycles. The lowest BCUT2D eigenvalue weighted by Crippen LogP contribution is -2.22. The van der Waals surface area contributed by atoms with Crippen LogP contribution in [0.15, 0.2) is 48.5 Å². The molecule has 0 aliphatic rings. The predicted octanol–water partition coefficient (Wildman–Crippen LogP) is 9.91. The molecule has 178 valence electrons. The summed E-state index contributed by atoms with van der Waals surface area (Å²) in [4.78, 5) is 0. The van der Waals surface area contributed by atoms with Gasteiger partial charge >= 0.3 is 0 Å². The van der Waals surface area contributed by atoms with Crippen molar-refractivity contribution in [2.45, 2.75) is 122 Å². The molecule has 0 saturated heterocycles. The molecule has 1 N–H and O–H groups in total. The second kappa shape index (κ2) is 14.4. The van der Waals surface area contributed by atoms with Gasteiger partial charge in [-0.1, -0.05) is 141 Å². The van der Waals surface area contributed by atoms with Gasteiger partial charge in [0.2, 0.25) is 0 Å². The van der Waals surface area contributed by atoms with Crippen LogP contribution in [0.2, 0.25) is 0 Å². The van der Waals surface area contributed by atoms with E-state index in [1.165, 1.54) is 94.6 Å². The van der Waals surface area contributed by atoms with Crippen molar-refractivity contribution in [1.82, 2.24) is 0 Å². The molecule has 0 spiro atoms. The minimum atomic E-state index is -0.219. The molecule has 1 heteroatoms. The van der Waals surface area contributed by atoms with Crippen molar-refractivity contribution < 1.29 is 5.11 Å². The summed E-state index contributed by atoms with van der Waals surface area (Å²) in [5.74, 6) is 0.989. The monoisotopic (exact) mass is 436 g/mol. The predicted molar refractivity (Wildman–Crippen MR) is 141 cm³/mol. The first kappa shape index (κ1) is 26.5. The fourth-order valence-electron chi connectivity index (χ4n) is 5.20. The first-order valence-corrected chi connectivity index (χ1v) is 13.4. The first-order valence-electron chi connectivity index (χ1n) is 13.4. The molecule has 32 heavy (non-hydrogen) atoms. The lowest BCUT2D eigenvalue weighted by Gasteiger charge is -2.32. The van der Waals surface area contributed by atoms with Crippen LogP contribution in [0.4, 0.5) is 0 Å². The number of hydrogen-bond acceptors (Lipinski definition) is 1. The van der Waals surface area contributed by atoms with Crippen LogP contribution in [0.5, 0.6) is 5.75 Å². The third-order valence-corrected chi connectivity index (χ3v) is 7.20. The largest absolute Gasteiger partial charge is 0.508 e. The van der Waals surface area contributed by atoms with E-state index in [0.29, 0.717) is 11.7 Å². The van der Waals surface area contributed by atoms with E-state index < -0.39 is 0 Å². The summed E-state index contributed by atoms with van der Waals surface area (Å²) in [6.45, 7) is 9.10.